The lowest BCUT2D eigenvalue weighted by Gasteiger charge is -2.27. The van der Waals surface area contributed by atoms with Crippen molar-refractivity contribution in [2.24, 2.45) is 0 Å². The van der Waals surface area contributed by atoms with Gasteiger partial charge in [0.1, 0.15) is 11.5 Å². The highest BCUT2D eigenvalue weighted by Crippen LogP contribution is 2.31. The number of aryl methyl sites for hydroxylation is 1. The Kier molecular flexibility index (Phi) is 6.95. The SMILES string of the molecule is CNc1ncc2cc(-c3ccc(-c4cccc(C)n4)cc3Cl)c(=O)n(CS(=O)(=O)N3CCNCC3)c2n1. The lowest BCUT2D eigenvalue weighted by atomic mass is 10.0. The van der Waals surface area contributed by atoms with Crippen LogP contribution < -0.4 is 16.2 Å². The third kappa shape index (κ3) is 5.08. The van der Waals surface area contributed by atoms with Crippen LogP contribution in [0.4, 0.5) is 5.95 Å². The molecule has 0 bridgehead atoms. The highest BCUT2D eigenvalue weighted by Gasteiger charge is 2.27. The van der Waals surface area contributed by atoms with Crippen LogP contribution in [0.2, 0.25) is 5.02 Å². The van der Waals surface area contributed by atoms with E-state index in [4.69, 9.17) is 11.6 Å². The fraction of sp³-hybridized carbons (Fsp3) is 0.280. The number of benzene rings is 1. The second-order valence-electron chi connectivity index (χ2n) is 8.76. The molecule has 4 aromatic rings. The topological polar surface area (TPSA) is 122 Å². The van der Waals surface area contributed by atoms with Gasteiger partial charge in [-0.1, -0.05) is 29.8 Å². The molecule has 5 rings (SSSR count). The Bertz CT molecular complexity index is 1650. The third-order valence-electron chi connectivity index (χ3n) is 6.26. The Morgan fingerprint density at radius 2 is 1.86 bits per heavy atom. The summed E-state index contributed by atoms with van der Waals surface area (Å²) < 4.78 is 29.2. The van der Waals surface area contributed by atoms with Crippen LogP contribution in [-0.4, -0.2) is 65.5 Å². The van der Waals surface area contributed by atoms with Crippen LogP contribution in [0.25, 0.3) is 33.4 Å². The highest BCUT2D eigenvalue weighted by molar-refractivity contribution is 7.88. The summed E-state index contributed by atoms with van der Waals surface area (Å²) in [6, 6.07) is 12.7. The minimum atomic E-state index is -3.79. The molecule has 0 saturated carbocycles. The van der Waals surface area contributed by atoms with E-state index in [2.05, 4.69) is 25.6 Å². The van der Waals surface area contributed by atoms with Crippen molar-refractivity contribution in [1.82, 2.24) is 29.1 Å². The molecule has 0 radical (unpaired) electrons. The molecule has 2 N–H and O–H groups in total. The van der Waals surface area contributed by atoms with Gasteiger partial charge < -0.3 is 10.6 Å². The Morgan fingerprint density at radius 3 is 2.57 bits per heavy atom. The van der Waals surface area contributed by atoms with E-state index in [0.29, 0.717) is 42.2 Å². The summed E-state index contributed by atoms with van der Waals surface area (Å²) in [5.74, 6) is -0.264. The van der Waals surface area contributed by atoms with Crippen molar-refractivity contribution >= 4 is 38.6 Å². The summed E-state index contributed by atoms with van der Waals surface area (Å²) >= 11 is 6.68. The first kappa shape index (κ1) is 25.3. The van der Waals surface area contributed by atoms with Crippen LogP contribution in [0.3, 0.4) is 0 Å². The number of nitrogens with one attached hydrogen (secondary N) is 2. The number of sulfonamides is 1. The van der Waals surface area contributed by atoms with Gasteiger partial charge in [-0.3, -0.25) is 14.3 Å². The van der Waals surface area contributed by atoms with Crippen molar-refractivity contribution in [2.75, 3.05) is 38.5 Å². The zero-order valence-electron chi connectivity index (χ0n) is 20.4. The highest BCUT2D eigenvalue weighted by atomic mass is 35.5. The summed E-state index contributed by atoms with van der Waals surface area (Å²) in [5.41, 5.74) is 2.91. The van der Waals surface area contributed by atoms with Gasteiger partial charge in [-0.15, -0.1) is 0 Å². The quantitative estimate of drug-likeness (QED) is 0.383. The van der Waals surface area contributed by atoms with Gasteiger partial charge in [0.15, 0.2) is 0 Å². The van der Waals surface area contributed by atoms with E-state index in [1.165, 1.54) is 8.87 Å². The van der Waals surface area contributed by atoms with Crippen LogP contribution in [0, 0.1) is 6.92 Å². The number of piperazine rings is 1. The van der Waals surface area contributed by atoms with E-state index in [9.17, 15) is 13.2 Å². The fourth-order valence-electron chi connectivity index (χ4n) is 4.36. The minimum Gasteiger partial charge on any atom is -0.357 e. The van der Waals surface area contributed by atoms with E-state index >= 15 is 0 Å². The van der Waals surface area contributed by atoms with E-state index in [0.717, 1.165) is 17.0 Å². The van der Waals surface area contributed by atoms with Gasteiger partial charge in [0.25, 0.3) is 5.56 Å². The molecule has 12 heteroatoms. The molecule has 0 aliphatic carbocycles. The smallest absolute Gasteiger partial charge is 0.261 e. The van der Waals surface area contributed by atoms with Crippen molar-refractivity contribution in [3.8, 4) is 22.4 Å². The Labute approximate surface area is 219 Å². The van der Waals surface area contributed by atoms with Crippen molar-refractivity contribution in [3.05, 3.63) is 69.7 Å². The summed E-state index contributed by atoms with van der Waals surface area (Å²) in [4.78, 5) is 27.0. The molecule has 3 aromatic heterocycles. The standard InChI is InChI=1S/C25H26ClN7O3S/c1-16-4-3-5-22(30-16)17-6-7-19(21(26)13-17)20-12-18-14-29-25(27-2)31-23(18)33(24(20)34)15-37(35,36)32-10-8-28-9-11-32/h3-7,12-14,28H,8-11,15H2,1-2H3,(H,27,29,31). The number of nitrogens with zero attached hydrogens (tertiary/aromatic N) is 5. The molecule has 1 fully saturated rings. The predicted octanol–water partition coefficient (Wildman–Crippen LogP) is 2.72. The molecule has 0 amide bonds. The summed E-state index contributed by atoms with van der Waals surface area (Å²) in [5, 5.41) is 6.85. The van der Waals surface area contributed by atoms with Crippen LogP contribution in [-0.2, 0) is 15.9 Å². The number of anilines is 1. The van der Waals surface area contributed by atoms with Crippen LogP contribution in [0.15, 0.2) is 53.5 Å². The maximum Gasteiger partial charge on any atom is 0.261 e. The van der Waals surface area contributed by atoms with E-state index in [1.807, 2.05) is 31.2 Å². The number of halogens is 1. The Hall–Kier alpha value is -3.38. The number of rotatable bonds is 6. The third-order valence-corrected chi connectivity index (χ3v) is 8.30. The molecule has 0 atom stereocenters. The molecule has 0 unspecified atom stereocenters. The largest absolute Gasteiger partial charge is 0.357 e. The van der Waals surface area contributed by atoms with Gasteiger partial charge in [0.05, 0.1) is 5.69 Å². The first-order valence-corrected chi connectivity index (χ1v) is 13.8. The van der Waals surface area contributed by atoms with Crippen molar-refractivity contribution in [2.45, 2.75) is 12.8 Å². The van der Waals surface area contributed by atoms with Crippen molar-refractivity contribution in [1.29, 1.82) is 0 Å². The number of hydrogen-bond donors (Lipinski definition) is 2. The van der Waals surface area contributed by atoms with Gasteiger partial charge in [0.2, 0.25) is 16.0 Å². The average Bonchev–Trinajstić information content (AvgIpc) is 2.90. The molecule has 10 nitrogen and oxygen atoms in total. The van der Waals surface area contributed by atoms with Crippen LogP contribution in [0.5, 0.6) is 0 Å². The van der Waals surface area contributed by atoms with E-state index in [-0.39, 0.29) is 17.2 Å². The number of pyridine rings is 2. The molecule has 1 aliphatic rings. The lowest BCUT2D eigenvalue weighted by molar-refractivity contribution is 0.356. The molecular formula is C25H26ClN7O3S. The first-order chi connectivity index (χ1) is 17.8. The maximum atomic E-state index is 13.8. The molecule has 37 heavy (non-hydrogen) atoms. The molecule has 1 aromatic carbocycles. The molecular weight excluding hydrogens is 514 g/mol. The lowest BCUT2D eigenvalue weighted by Crippen LogP contribution is -2.47. The monoisotopic (exact) mass is 539 g/mol. The van der Waals surface area contributed by atoms with Gasteiger partial charge in [-0.05, 0) is 31.2 Å². The molecule has 1 saturated heterocycles. The Morgan fingerprint density at radius 1 is 1.08 bits per heavy atom. The fourth-order valence-corrected chi connectivity index (χ4v) is 6.11. The van der Waals surface area contributed by atoms with Crippen molar-refractivity contribution in [3.63, 3.8) is 0 Å². The van der Waals surface area contributed by atoms with Gasteiger partial charge in [-0.2, -0.15) is 9.29 Å². The zero-order chi connectivity index (χ0) is 26.2. The van der Waals surface area contributed by atoms with Crippen LogP contribution in [0.1, 0.15) is 5.69 Å². The van der Waals surface area contributed by atoms with Crippen LogP contribution >= 0.6 is 11.6 Å². The maximum absolute atomic E-state index is 13.8. The molecule has 192 valence electrons. The van der Waals surface area contributed by atoms with Gasteiger partial charge >= 0.3 is 0 Å². The number of hydrogen-bond acceptors (Lipinski definition) is 8. The average molecular weight is 540 g/mol. The van der Waals surface area contributed by atoms with Gasteiger partial charge in [0, 0.05) is 72.2 Å². The molecule has 0 spiro atoms. The van der Waals surface area contributed by atoms with E-state index < -0.39 is 21.5 Å². The van der Waals surface area contributed by atoms with Gasteiger partial charge in [-0.25, -0.2) is 13.4 Å². The number of fused-ring (bicyclic) bond motifs is 1. The predicted molar refractivity (Wildman–Crippen MR) is 145 cm³/mol. The second-order valence-corrected chi connectivity index (χ2v) is 11.1. The van der Waals surface area contributed by atoms with Crippen molar-refractivity contribution < 1.29 is 8.42 Å². The summed E-state index contributed by atoms with van der Waals surface area (Å²) in [6.07, 6.45) is 1.56. The summed E-state index contributed by atoms with van der Waals surface area (Å²) in [7, 11) is -2.14. The molecule has 1 aliphatic heterocycles. The number of aromatic nitrogens is 4. The minimum absolute atomic E-state index is 0.225. The normalized spacial score (nSPS) is 14.7. The zero-order valence-corrected chi connectivity index (χ0v) is 22.0. The Balaban J connectivity index is 1.65. The second kappa shape index (κ2) is 10.2. The first-order valence-electron chi connectivity index (χ1n) is 11.8. The molecule has 4 heterocycles. The van der Waals surface area contributed by atoms with E-state index in [1.54, 1.807) is 31.4 Å². The summed E-state index contributed by atoms with van der Waals surface area (Å²) in [6.45, 7) is 3.70.